The van der Waals surface area contributed by atoms with E-state index in [0.717, 1.165) is 17.0 Å². The van der Waals surface area contributed by atoms with E-state index in [-0.39, 0.29) is 5.69 Å². The molecule has 0 spiro atoms. The molecule has 4 aromatic rings. The largest absolute Gasteiger partial charge is 0.487 e. The fourth-order valence-electron chi connectivity index (χ4n) is 3.32. The summed E-state index contributed by atoms with van der Waals surface area (Å²) in [5.41, 5.74) is 4.56. The Hall–Kier alpha value is -3.64. The molecule has 1 N–H and O–H groups in total. The fraction of sp³-hybridized carbons (Fsp3) is 0.125. The maximum absolute atomic E-state index is 11.6. The highest BCUT2D eigenvalue weighted by molar-refractivity contribution is 6.32. The molecule has 0 bridgehead atoms. The van der Waals surface area contributed by atoms with Gasteiger partial charge in [-0.1, -0.05) is 48.0 Å². The van der Waals surface area contributed by atoms with Crippen LogP contribution in [0.15, 0.2) is 66.7 Å². The summed E-state index contributed by atoms with van der Waals surface area (Å²) in [6.45, 7) is 4.20. The third-order valence-corrected chi connectivity index (χ3v) is 5.08. The minimum Gasteiger partial charge on any atom is -0.487 e. The van der Waals surface area contributed by atoms with Gasteiger partial charge in [0.2, 0.25) is 0 Å². The van der Waals surface area contributed by atoms with Gasteiger partial charge in [0.05, 0.1) is 22.1 Å². The zero-order valence-electron chi connectivity index (χ0n) is 17.0. The molecule has 31 heavy (non-hydrogen) atoms. The Morgan fingerprint density at radius 2 is 1.84 bits per heavy atom. The Morgan fingerprint density at radius 1 is 1.06 bits per heavy atom. The van der Waals surface area contributed by atoms with Crippen LogP contribution in [0.4, 0.5) is 0 Å². The van der Waals surface area contributed by atoms with Crippen molar-refractivity contribution in [3.05, 3.63) is 94.4 Å². The number of nitrogens with zero attached hydrogens (tertiary/aromatic N) is 3. The standard InChI is InChI=1S/C24H20ClN3O3/c1-15-12-16(2)28(27-15)21-11-10-20(24(29)30)26-23(21)18-8-9-19(25)22(13-18)31-14-17-6-4-3-5-7-17/h3-13H,14H2,1-2H3,(H,29,30). The average molecular weight is 434 g/mol. The SMILES string of the molecule is Cc1cc(C)n(-c2ccc(C(=O)O)nc2-c2ccc(Cl)c(OCc3ccccc3)c2)n1. The Labute approximate surface area is 184 Å². The van der Waals surface area contributed by atoms with Gasteiger partial charge < -0.3 is 9.84 Å². The minimum absolute atomic E-state index is 0.0537. The van der Waals surface area contributed by atoms with Gasteiger partial charge in [0.25, 0.3) is 0 Å². The maximum Gasteiger partial charge on any atom is 0.354 e. The highest BCUT2D eigenvalue weighted by Crippen LogP contribution is 2.33. The van der Waals surface area contributed by atoms with Crippen LogP contribution >= 0.6 is 11.6 Å². The molecule has 0 atom stereocenters. The minimum atomic E-state index is -1.10. The van der Waals surface area contributed by atoms with E-state index in [2.05, 4.69) is 10.1 Å². The second-order valence-electron chi connectivity index (χ2n) is 7.13. The number of hydrogen-bond donors (Lipinski definition) is 1. The van der Waals surface area contributed by atoms with E-state index < -0.39 is 5.97 Å². The summed E-state index contributed by atoms with van der Waals surface area (Å²) in [5, 5.41) is 14.4. The van der Waals surface area contributed by atoms with Crippen molar-refractivity contribution >= 4 is 17.6 Å². The number of hydrogen-bond acceptors (Lipinski definition) is 4. The van der Waals surface area contributed by atoms with Gasteiger partial charge >= 0.3 is 5.97 Å². The molecule has 0 saturated heterocycles. The Kier molecular flexibility index (Phi) is 5.73. The lowest BCUT2D eigenvalue weighted by atomic mass is 10.1. The van der Waals surface area contributed by atoms with Gasteiger partial charge in [0.1, 0.15) is 18.1 Å². The number of aromatic nitrogens is 3. The number of carbonyl (C=O) groups is 1. The lowest BCUT2D eigenvalue weighted by molar-refractivity contribution is 0.0690. The van der Waals surface area contributed by atoms with Crippen LogP contribution in [0.25, 0.3) is 16.9 Å². The van der Waals surface area contributed by atoms with Crippen molar-refractivity contribution < 1.29 is 14.6 Å². The number of benzene rings is 2. The molecule has 7 heteroatoms. The first kappa shape index (κ1) is 20.6. The Balaban J connectivity index is 1.78. The van der Waals surface area contributed by atoms with E-state index in [1.165, 1.54) is 6.07 Å². The molecular formula is C24H20ClN3O3. The summed E-state index contributed by atoms with van der Waals surface area (Å²) in [6.07, 6.45) is 0. The lowest BCUT2D eigenvalue weighted by Gasteiger charge is -2.14. The highest BCUT2D eigenvalue weighted by Gasteiger charge is 2.17. The summed E-state index contributed by atoms with van der Waals surface area (Å²) in [4.78, 5) is 16.0. The van der Waals surface area contributed by atoms with E-state index in [1.54, 1.807) is 28.9 Å². The van der Waals surface area contributed by atoms with Crippen molar-refractivity contribution in [1.82, 2.24) is 14.8 Å². The summed E-state index contributed by atoms with van der Waals surface area (Å²) in [7, 11) is 0. The van der Waals surface area contributed by atoms with Crippen LogP contribution in [0.5, 0.6) is 5.75 Å². The normalized spacial score (nSPS) is 10.8. The molecule has 0 unspecified atom stereocenters. The number of aryl methyl sites for hydroxylation is 2. The Morgan fingerprint density at radius 3 is 2.52 bits per heavy atom. The molecular weight excluding hydrogens is 414 g/mol. The van der Waals surface area contributed by atoms with Crippen LogP contribution in [0, 0.1) is 13.8 Å². The van der Waals surface area contributed by atoms with Crippen LogP contribution in [-0.2, 0) is 6.61 Å². The third-order valence-electron chi connectivity index (χ3n) is 4.77. The number of halogens is 1. The number of carboxylic acid groups (broad SMARTS) is 1. The number of ether oxygens (including phenoxy) is 1. The van der Waals surface area contributed by atoms with Crippen molar-refractivity contribution in [2.24, 2.45) is 0 Å². The summed E-state index contributed by atoms with van der Waals surface area (Å²) in [6, 6.07) is 20.2. The van der Waals surface area contributed by atoms with Crippen molar-refractivity contribution in [2.45, 2.75) is 20.5 Å². The van der Waals surface area contributed by atoms with Gasteiger partial charge in [-0.25, -0.2) is 14.5 Å². The summed E-state index contributed by atoms with van der Waals surface area (Å²) < 4.78 is 7.69. The molecule has 2 heterocycles. The van der Waals surface area contributed by atoms with E-state index in [1.807, 2.05) is 50.2 Å². The number of pyridine rings is 1. The van der Waals surface area contributed by atoms with Gasteiger partial charge in [-0.15, -0.1) is 0 Å². The van der Waals surface area contributed by atoms with Gasteiger partial charge in [-0.3, -0.25) is 0 Å². The molecule has 0 amide bonds. The molecule has 0 aliphatic rings. The molecule has 4 rings (SSSR count). The molecule has 0 radical (unpaired) electrons. The summed E-state index contributed by atoms with van der Waals surface area (Å²) >= 11 is 6.36. The average Bonchev–Trinajstić information content (AvgIpc) is 3.11. The molecule has 0 saturated carbocycles. The van der Waals surface area contributed by atoms with Gasteiger partial charge in [-0.2, -0.15) is 5.10 Å². The predicted octanol–water partition coefficient (Wildman–Crippen LogP) is 5.48. The van der Waals surface area contributed by atoms with E-state index in [9.17, 15) is 9.90 Å². The fourth-order valence-corrected chi connectivity index (χ4v) is 3.50. The van der Waals surface area contributed by atoms with E-state index in [0.29, 0.717) is 34.3 Å². The second-order valence-corrected chi connectivity index (χ2v) is 7.53. The molecule has 2 aromatic heterocycles. The van der Waals surface area contributed by atoms with E-state index >= 15 is 0 Å². The van der Waals surface area contributed by atoms with Crippen molar-refractivity contribution in [3.63, 3.8) is 0 Å². The van der Waals surface area contributed by atoms with Crippen molar-refractivity contribution in [1.29, 1.82) is 0 Å². The molecule has 6 nitrogen and oxygen atoms in total. The predicted molar refractivity (Wildman–Crippen MR) is 119 cm³/mol. The van der Waals surface area contributed by atoms with Gasteiger partial charge in [-0.05, 0) is 49.7 Å². The maximum atomic E-state index is 11.6. The topological polar surface area (TPSA) is 77.2 Å². The van der Waals surface area contributed by atoms with Crippen LogP contribution in [0.1, 0.15) is 27.4 Å². The van der Waals surface area contributed by atoms with Gasteiger partial charge in [0, 0.05) is 11.3 Å². The first-order chi connectivity index (χ1) is 14.9. The zero-order valence-corrected chi connectivity index (χ0v) is 17.8. The zero-order chi connectivity index (χ0) is 22.0. The van der Waals surface area contributed by atoms with E-state index in [4.69, 9.17) is 16.3 Å². The number of rotatable bonds is 6. The number of carboxylic acids is 1. The van der Waals surface area contributed by atoms with Crippen molar-refractivity contribution in [2.75, 3.05) is 0 Å². The molecule has 0 aliphatic heterocycles. The second kappa shape index (κ2) is 8.62. The summed E-state index contributed by atoms with van der Waals surface area (Å²) in [5.74, 6) is -0.611. The van der Waals surface area contributed by atoms with Crippen LogP contribution in [0.2, 0.25) is 5.02 Å². The smallest absolute Gasteiger partial charge is 0.354 e. The monoisotopic (exact) mass is 433 g/mol. The molecule has 156 valence electrons. The number of aromatic carboxylic acids is 1. The molecule has 0 aliphatic carbocycles. The van der Waals surface area contributed by atoms with Crippen molar-refractivity contribution in [3.8, 4) is 22.7 Å². The highest BCUT2D eigenvalue weighted by atomic mass is 35.5. The Bertz CT molecular complexity index is 1250. The van der Waals surface area contributed by atoms with Crippen LogP contribution < -0.4 is 4.74 Å². The molecule has 2 aromatic carbocycles. The molecule has 0 fully saturated rings. The van der Waals surface area contributed by atoms with Gasteiger partial charge in [0.15, 0.2) is 0 Å². The lowest BCUT2D eigenvalue weighted by Crippen LogP contribution is -2.07. The van der Waals surface area contributed by atoms with Crippen LogP contribution in [-0.4, -0.2) is 25.8 Å². The van der Waals surface area contributed by atoms with Crippen LogP contribution in [0.3, 0.4) is 0 Å². The first-order valence-electron chi connectivity index (χ1n) is 9.67. The first-order valence-corrected chi connectivity index (χ1v) is 10.0. The third kappa shape index (κ3) is 4.44. The quantitative estimate of drug-likeness (QED) is 0.435.